The number of carbonyl (C=O) groups is 2. The molecule has 0 unspecified atom stereocenters. The van der Waals surface area contributed by atoms with Crippen LogP contribution in [0.4, 0.5) is 20.2 Å². The molecular weight excluding hydrogens is 330 g/mol. The second kappa shape index (κ2) is 5.85. The second-order valence-corrected chi connectivity index (χ2v) is 5.18. The van der Waals surface area contributed by atoms with E-state index in [0.29, 0.717) is 17.5 Å². The third-order valence-corrected chi connectivity index (χ3v) is 3.39. The molecule has 0 saturated heterocycles. The van der Waals surface area contributed by atoms with Crippen molar-refractivity contribution in [2.45, 2.75) is 0 Å². The summed E-state index contributed by atoms with van der Waals surface area (Å²) in [5.41, 5.74) is 0.378. The summed E-state index contributed by atoms with van der Waals surface area (Å²) in [6, 6.07) is 5.31. The van der Waals surface area contributed by atoms with Crippen molar-refractivity contribution < 1.29 is 23.1 Å². The quantitative estimate of drug-likeness (QED) is 0.883. The fraction of sp³-hybridized carbons (Fsp3) is 0.0667. The van der Waals surface area contributed by atoms with Gasteiger partial charge in [0, 0.05) is 17.7 Å². The zero-order valence-electron chi connectivity index (χ0n) is 11.5. The van der Waals surface area contributed by atoms with Gasteiger partial charge in [0.2, 0.25) is 0 Å². The monoisotopic (exact) mass is 338 g/mol. The van der Waals surface area contributed by atoms with Crippen LogP contribution in [0.15, 0.2) is 30.3 Å². The third kappa shape index (κ3) is 3.24. The lowest BCUT2D eigenvalue weighted by atomic mass is 10.2. The number of halogens is 3. The number of hydrogen-bond donors (Lipinski definition) is 2. The number of amides is 2. The van der Waals surface area contributed by atoms with Gasteiger partial charge >= 0.3 is 0 Å². The molecule has 0 atom stereocenters. The molecule has 0 radical (unpaired) electrons. The highest BCUT2D eigenvalue weighted by molar-refractivity contribution is 6.34. The predicted molar refractivity (Wildman–Crippen MR) is 79.9 cm³/mol. The molecule has 1 aliphatic heterocycles. The number of benzene rings is 2. The van der Waals surface area contributed by atoms with Crippen LogP contribution in [0, 0.1) is 11.6 Å². The average molecular weight is 339 g/mol. The standard InChI is InChI=1S/C15H9ClF2N2O3/c16-10-4-12-13(23-6-14(21)19-12)5-11(10)20-15(22)7-1-8(17)3-9(18)2-7/h1-5H,6H2,(H,19,21)(H,20,22). The van der Waals surface area contributed by atoms with Crippen molar-refractivity contribution in [2.75, 3.05) is 17.2 Å². The molecule has 2 aromatic carbocycles. The molecule has 5 nitrogen and oxygen atoms in total. The molecule has 2 amide bonds. The van der Waals surface area contributed by atoms with Crippen molar-refractivity contribution in [3.8, 4) is 5.75 Å². The lowest BCUT2D eigenvalue weighted by Gasteiger charge is -2.19. The molecule has 118 valence electrons. The Kier molecular flexibility index (Phi) is 3.87. The van der Waals surface area contributed by atoms with Crippen LogP contribution in [0.3, 0.4) is 0 Å². The molecule has 0 saturated carbocycles. The van der Waals surface area contributed by atoms with Crippen molar-refractivity contribution in [1.29, 1.82) is 0 Å². The molecule has 1 heterocycles. The molecule has 0 spiro atoms. The van der Waals surface area contributed by atoms with E-state index >= 15 is 0 Å². The van der Waals surface area contributed by atoms with Gasteiger partial charge in [-0.15, -0.1) is 0 Å². The van der Waals surface area contributed by atoms with E-state index in [2.05, 4.69) is 10.6 Å². The summed E-state index contributed by atoms with van der Waals surface area (Å²) < 4.78 is 31.5. The van der Waals surface area contributed by atoms with E-state index in [-0.39, 0.29) is 28.8 Å². The summed E-state index contributed by atoms with van der Waals surface area (Å²) in [5.74, 6) is -2.45. The summed E-state index contributed by atoms with van der Waals surface area (Å²) in [6.45, 7) is -0.156. The summed E-state index contributed by atoms with van der Waals surface area (Å²) >= 11 is 6.03. The first-order valence-electron chi connectivity index (χ1n) is 6.46. The normalized spacial score (nSPS) is 12.9. The molecule has 0 fully saturated rings. The number of nitrogens with one attached hydrogen (secondary N) is 2. The lowest BCUT2D eigenvalue weighted by molar-refractivity contribution is -0.118. The van der Waals surface area contributed by atoms with Crippen molar-refractivity contribution in [3.05, 3.63) is 52.6 Å². The van der Waals surface area contributed by atoms with E-state index in [9.17, 15) is 18.4 Å². The molecule has 0 bridgehead atoms. The smallest absolute Gasteiger partial charge is 0.262 e. The van der Waals surface area contributed by atoms with Gasteiger partial charge < -0.3 is 15.4 Å². The van der Waals surface area contributed by atoms with Crippen molar-refractivity contribution >= 4 is 34.8 Å². The highest BCUT2D eigenvalue weighted by atomic mass is 35.5. The zero-order chi connectivity index (χ0) is 16.6. The van der Waals surface area contributed by atoms with Gasteiger partial charge in [-0.1, -0.05) is 11.6 Å². The second-order valence-electron chi connectivity index (χ2n) is 4.78. The Morgan fingerprint density at radius 1 is 1.17 bits per heavy atom. The molecule has 0 aromatic heterocycles. The van der Waals surface area contributed by atoms with Gasteiger partial charge in [-0.2, -0.15) is 0 Å². The minimum atomic E-state index is -0.863. The maximum atomic E-state index is 13.2. The van der Waals surface area contributed by atoms with E-state index in [1.807, 2.05) is 0 Å². The molecule has 2 aromatic rings. The molecule has 3 rings (SSSR count). The van der Waals surface area contributed by atoms with E-state index in [1.54, 1.807) is 0 Å². The van der Waals surface area contributed by atoms with Crippen LogP contribution >= 0.6 is 11.6 Å². The minimum absolute atomic E-state index is 0.139. The van der Waals surface area contributed by atoms with Gasteiger partial charge in [0.15, 0.2) is 6.61 Å². The Bertz CT molecular complexity index is 806. The molecule has 1 aliphatic rings. The number of fused-ring (bicyclic) bond motifs is 1. The summed E-state index contributed by atoms with van der Waals surface area (Å²) in [7, 11) is 0. The highest BCUT2D eigenvalue weighted by Gasteiger charge is 2.19. The van der Waals surface area contributed by atoms with Crippen LogP contribution in [0.1, 0.15) is 10.4 Å². The van der Waals surface area contributed by atoms with Gasteiger partial charge in [0.05, 0.1) is 16.4 Å². The van der Waals surface area contributed by atoms with Crippen LogP contribution in [-0.4, -0.2) is 18.4 Å². The number of anilines is 2. The number of hydrogen-bond acceptors (Lipinski definition) is 3. The summed E-state index contributed by atoms with van der Waals surface area (Å²) in [4.78, 5) is 23.3. The van der Waals surface area contributed by atoms with Crippen LogP contribution in [-0.2, 0) is 4.79 Å². The number of carbonyl (C=O) groups excluding carboxylic acids is 2. The molecule has 8 heteroatoms. The highest BCUT2D eigenvalue weighted by Crippen LogP contribution is 2.36. The largest absolute Gasteiger partial charge is 0.482 e. The Morgan fingerprint density at radius 2 is 1.87 bits per heavy atom. The summed E-state index contributed by atoms with van der Waals surface area (Å²) in [5, 5.41) is 5.15. The maximum Gasteiger partial charge on any atom is 0.262 e. The van der Waals surface area contributed by atoms with Gasteiger partial charge in [0.25, 0.3) is 11.8 Å². The molecule has 2 N–H and O–H groups in total. The molecule has 0 aliphatic carbocycles. The van der Waals surface area contributed by atoms with Crippen molar-refractivity contribution in [3.63, 3.8) is 0 Å². The Balaban J connectivity index is 1.88. The van der Waals surface area contributed by atoms with Gasteiger partial charge in [-0.3, -0.25) is 9.59 Å². The van der Waals surface area contributed by atoms with E-state index in [1.165, 1.54) is 12.1 Å². The van der Waals surface area contributed by atoms with Crippen molar-refractivity contribution in [2.24, 2.45) is 0 Å². The first-order valence-corrected chi connectivity index (χ1v) is 6.84. The molecule has 23 heavy (non-hydrogen) atoms. The van der Waals surface area contributed by atoms with Gasteiger partial charge in [-0.05, 0) is 18.2 Å². The Labute approximate surface area is 134 Å². The molecular formula is C15H9ClF2N2O3. The van der Waals surface area contributed by atoms with Gasteiger partial charge in [-0.25, -0.2) is 8.78 Å². The first kappa shape index (κ1) is 15.2. The van der Waals surface area contributed by atoms with Crippen LogP contribution in [0.25, 0.3) is 0 Å². The lowest BCUT2D eigenvalue weighted by Crippen LogP contribution is -2.25. The predicted octanol–water partition coefficient (Wildman–Crippen LogP) is 3.20. The van der Waals surface area contributed by atoms with Crippen LogP contribution < -0.4 is 15.4 Å². The van der Waals surface area contributed by atoms with Crippen LogP contribution in [0.2, 0.25) is 5.02 Å². The fourth-order valence-electron chi connectivity index (χ4n) is 2.08. The van der Waals surface area contributed by atoms with E-state index in [4.69, 9.17) is 16.3 Å². The van der Waals surface area contributed by atoms with E-state index < -0.39 is 17.5 Å². The van der Waals surface area contributed by atoms with E-state index in [0.717, 1.165) is 12.1 Å². The van der Waals surface area contributed by atoms with Gasteiger partial charge in [0.1, 0.15) is 17.4 Å². The zero-order valence-corrected chi connectivity index (χ0v) is 12.2. The topological polar surface area (TPSA) is 67.4 Å². The summed E-state index contributed by atoms with van der Waals surface area (Å²) in [6.07, 6.45) is 0. The number of ether oxygens (including phenoxy) is 1. The third-order valence-electron chi connectivity index (χ3n) is 3.08. The van der Waals surface area contributed by atoms with Crippen molar-refractivity contribution in [1.82, 2.24) is 0 Å². The first-order chi connectivity index (χ1) is 10.9. The Morgan fingerprint density at radius 3 is 2.57 bits per heavy atom. The minimum Gasteiger partial charge on any atom is -0.482 e. The number of rotatable bonds is 2. The average Bonchev–Trinajstić information content (AvgIpc) is 2.47. The SMILES string of the molecule is O=C1COc2cc(NC(=O)c3cc(F)cc(F)c3)c(Cl)cc2N1. The maximum absolute atomic E-state index is 13.2. The fourth-order valence-corrected chi connectivity index (χ4v) is 2.29. The Hall–Kier alpha value is -2.67. The van der Waals surface area contributed by atoms with Crippen LogP contribution in [0.5, 0.6) is 5.75 Å².